The van der Waals surface area contributed by atoms with Crippen molar-refractivity contribution in [2.24, 2.45) is 0 Å². The maximum absolute atomic E-state index is 12.8. The molecule has 4 rings (SSSR count). The summed E-state index contributed by atoms with van der Waals surface area (Å²) in [5.41, 5.74) is 1.44. The van der Waals surface area contributed by atoms with E-state index in [1.165, 1.54) is 0 Å². The number of aromatic nitrogens is 1. The number of pyridine rings is 1. The second kappa shape index (κ2) is 11.4. The first kappa shape index (κ1) is 25.5. The van der Waals surface area contributed by atoms with E-state index in [0.29, 0.717) is 24.1 Å². The number of fused-ring (bicyclic) bond motifs is 1. The number of carbonyl (C=O) groups excluding carboxylic acids is 2. The highest BCUT2D eigenvalue weighted by Gasteiger charge is 2.37. The summed E-state index contributed by atoms with van der Waals surface area (Å²) in [5, 5.41) is 5.02. The number of benzene rings is 2. The van der Waals surface area contributed by atoms with Crippen LogP contribution in [-0.2, 0) is 21.0 Å². The van der Waals surface area contributed by atoms with Crippen molar-refractivity contribution in [3.63, 3.8) is 0 Å². The second-order valence-electron chi connectivity index (χ2n) is 7.84. The molecule has 1 amide bonds. The third kappa shape index (κ3) is 6.96. The SMILES string of the molecule is O=C(Oc1cccc2cccnc12)[C@@H]1CC[C@@H](N(OCc2ccccc2)C(=O)OC(Cl)(Cl)Cl)CN1. The molecule has 1 saturated heterocycles. The molecule has 1 aromatic heterocycles. The molecule has 8 nitrogen and oxygen atoms in total. The Hall–Kier alpha value is -2.62. The molecule has 2 heterocycles. The van der Waals surface area contributed by atoms with Crippen LogP contribution in [0.15, 0.2) is 66.9 Å². The fourth-order valence-electron chi connectivity index (χ4n) is 3.75. The van der Waals surface area contributed by atoms with Crippen molar-refractivity contribution < 1.29 is 23.9 Å². The third-order valence-corrected chi connectivity index (χ3v) is 5.64. The van der Waals surface area contributed by atoms with Gasteiger partial charge in [0.25, 0.3) is 0 Å². The summed E-state index contributed by atoms with van der Waals surface area (Å²) >= 11 is 16.9. The van der Waals surface area contributed by atoms with E-state index < -0.39 is 28.1 Å². The number of piperidine rings is 1. The number of nitrogens with one attached hydrogen (secondary N) is 1. The molecule has 35 heavy (non-hydrogen) atoms. The molecule has 3 aromatic rings. The molecule has 184 valence electrons. The van der Waals surface area contributed by atoms with Crippen LogP contribution in [0.25, 0.3) is 10.9 Å². The largest absolute Gasteiger partial charge is 0.437 e. The van der Waals surface area contributed by atoms with Gasteiger partial charge in [0.15, 0.2) is 5.75 Å². The first-order valence-electron chi connectivity index (χ1n) is 10.8. The van der Waals surface area contributed by atoms with Crippen molar-refractivity contribution >= 4 is 57.8 Å². The van der Waals surface area contributed by atoms with Crippen molar-refractivity contribution in [2.75, 3.05) is 6.54 Å². The van der Waals surface area contributed by atoms with Crippen LogP contribution in [0.5, 0.6) is 5.75 Å². The van der Waals surface area contributed by atoms with Crippen molar-refractivity contribution in [1.82, 2.24) is 15.4 Å². The molecular formula is C24H22Cl3N3O5. The van der Waals surface area contributed by atoms with E-state index in [0.717, 1.165) is 16.0 Å². The Labute approximate surface area is 217 Å². The molecule has 1 N–H and O–H groups in total. The van der Waals surface area contributed by atoms with Gasteiger partial charge in [-0.05, 0) is 65.3 Å². The number of para-hydroxylation sites is 1. The Kier molecular flexibility index (Phi) is 8.30. The van der Waals surface area contributed by atoms with Crippen molar-refractivity contribution in [3.8, 4) is 5.75 Å². The molecule has 2 aromatic carbocycles. The van der Waals surface area contributed by atoms with Crippen LogP contribution in [0.1, 0.15) is 18.4 Å². The summed E-state index contributed by atoms with van der Waals surface area (Å²) in [6.07, 6.45) is 1.50. The van der Waals surface area contributed by atoms with Crippen LogP contribution in [-0.4, -0.2) is 44.7 Å². The third-order valence-electron chi connectivity index (χ3n) is 5.41. The van der Waals surface area contributed by atoms with Gasteiger partial charge in [-0.3, -0.25) is 9.82 Å². The van der Waals surface area contributed by atoms with Gasteiger partial charge in [-0.1, -0.05) is 48.5 Å². The molecule has 1 fully saturated rings. The summed E-state index contributed by atoms with van der Waals surface area (Å²) < 4.78 is 8.25. The monoisotopic (exact) mass is 537 g/mol. The summed E-state index contributed by atoms with van der Waals surface area (Å²) in [7, 11) is 0. The van der Waals surface area contributed by atoms with Gasteiger partial charge >= 0.3 is 16.0 Å². The summed E-state index contributed by atoms with van der Waals surface area (Å²) in [6, 6.07) is 17.3. The number of hydrogen-bond donors (Lipinski definition) is 1. The van der Waals surface area contributed by atoms with Gasteiger partial charge in [0.2, 0.25) is 0 Å². The molecule has 0 aliphatic carbocycles. The number of nitrogens with zero attached hydrogens (tertiary/aromatic N) is 2. The van der Waals surface area contributed by atoms with Gasteiger partial charge in [-0.25, -0.2) is 9.59 Å². The number of amides is 1. The molecule has 0 saturated carbocycles. The normalized spacial score (nSPS) is 18.1. The second-order valence-corrected chi connectivity index (χ2v) is 10.0. The zero-order valence-electron chi connectivity index (χ0n) is 18.4. The first-order chi connectivity index (χ1) is 16.8. The van der Waals surface area contributed by atoms with Gasteiger partial charge in [-0.2, -0.15) is 5.06 Å². The predicted octanol–water partition coefficient (Wildman–Crippen LogP) is 5.16. The Morgan fingerprint density at radius 3 is 2.51 bits per heavy atom. The summed E-state index contributed by atoms with van der Waals surface area (Å²) in [6.45, 7) is 0.336. The maximum atomic E-state index is 12.8. The van der Waals surface area contributed by atoms with Crippen LogP contribution in [0.2, 0.25) is 0 Å². The topological polar surface area (TPSA) is 90.0 Å². The predicted molar refractivity (Wildman–Crippen MR) is 132 cm³/mol. The van der Waals surface area contributed by atoms with Crippen LogP contribution in [0.3, 0.4) is 0 Å². The number of rotatable bonds is 6. The van der Waals surface area contributed by atoms with Crippen LogP contribution >= 0.6 is 34.8 Å². The van der Waals surface area contributed by atoms with Crippen LogP contribution < -0.4 is 10.1 Å². The van der Waals surface area contributed by atoms with Crippen LogP contribution in [0.4, 0.5) is 4.79 Å². The van der Waals surface area contributed by atoms with E-state index in [4.69, 9.17) is 49.1 Å². The molecule has 2 atom stereocenters. The number of esters is 1. The lowest BCUT2D eigenvalue weighted by Gasteiger charge is -2.35. The Morgan fingerprint density at radius 1 is 1.03 bits per heavy atom. The highest BCUT2D eigenvalue weighted by molar-refractivity contribution is 6.66. The standard InChI is InChI=1S/C24H22Cl3N3O5/c25-24(26,27)35-23(32)30(33-15-16-6-2-1-3-7-16)18-11-12-19(29-14-18)22(31)34-20-10-4-8-17-9-5-13-28-21(17)20/h1-10,13,18-19,29H,11-12,14-15H2/t18-,19+/m1/s1. The molecule has 11 heteroatoms. The van der Waals surface area contributed by atoms with E-state index in [1.54, 1.807) is 18.3 Å². The van der Waals surface area contributed by atoms with E-state index >= 15 is 0 Å². The average molecular weight is 539 g/mol. The summed E-state index contributed by atoms with van der Waals surface area (Å²) in [4.78, 5) is 35.5. The van der Waals surface area contributed by atoms with Gasteiger partial charge in [0.1, 0.15) is 18.2 Å². The van der Waals surface area contributed by atoms with Gasteiger partial charge in [0.05, 0.1) is 6.04 Å². The van der Waals surface area contributed by atoms with Gasteiger partial charge < -0.3 is 14.8 Å². The lowest BCUT2D eigenvalue weighted by atomic mass is 10.0. The van der Waals surface area contributed by atoms with Crippen molar-refractivity contribution in [2.45, 2.75) is 35.5 Å². The highest BCUT2D eigenvalue weighted by atomic mass is 35.6. The van der Waals surface area contributed by atoms with Crippen molar-refractivity contribution in [3.05, 3.63) is 72.4 Å². The van der Waals surface area contributed by atoms with Gasteiger partial charge in [-0.15, -0.1) is 0 Å². The maximum Gasteiger partial charge on any atom is 0.437 e. The highest BCUT2D eigenvalue weighted by Crippen LogP contribution is 2.30. The number of alkyl halides is 3. The summed E-state index contributed by atoms with van der Waals surface area (Å²) in [5.74, 6) is -0.0571. The number of ether oxygens (including phenoxy) is 2. The molecule has 0 radical (unpaired) electrons. The van der Waals surface area contributed by atoms with E-state index in [9.17, 15) is 9.59 Å². The van der Waals surface area contributed by atoms with Gasteiger partial charge in [0, 0.05) is 18.1 Å². The van der Waals surface area contributed by atoms with Crippen molar-refractivity contribution in [1.29, 1.82) is 0 Å². The lowest BCUT2D eigenvalue weighted by molar-refractivity contribution is -0.176. The molecule has 0 bridgehead atoms. The number of carbonyl (C=O) groups is 2. The molecule has 0 spiro atoms. The number of halogens is 3. The molecular weight excluding hydrogens is 517 g/mol. The molecule has 1 aliphatic heterocycles. The minimum absolute atomic E-state index is 0.103. The zero-order valence-corrected chi connectivity index (χ0v) is 20.7. The Morgan fingerprint density at radius 2 is 1.80 bits per heavy atom. The van der Waals surface area contributed by atoms with E-state index in [-0.39, 0.29) is 13.2 Å². The van der Waals surface area contributed by atoms with E-state index in [2.05, 4.69) is 10.3 Å². The number of hydroxylamine groups is 2. The Balaban J connectivity index is 1.39. The minimum Gasteiger partial charge on any atom is -0.423 e. The zero-order chi connectivity index (χ0) is 24.8. The fraction of sp³-hybridized carbons (Fsp3) is 0.292. The number of hydrogen-bond acceptors (Lipinski definition) is 7. The lowest BCUT2D eigenvalue weighted by Crippen LogP contribution is -2.54. The fourth-order valence-corrected chi connectivity index (χ4v) is 3.95. The first-order valence-corrected chi connectivity index (χ1v) is 12.0. The quantitative estimate of drug-likeness (QED) is 0.201. The molecule has 1 aliphatic rings. The smallest absolute Gasteiger partial charge is 0.423 e. The van der Waals surface area contributed by atoms with Crippen LogP contribution in [0, 0.1) is 0 Å². The average Bonchev–Trinajstić information content (AvgIpc) is 2.84. The minimum atomic E-state index is -2.24. The van der Waals surface area contributed by atoms with E-state index in [1.807, 2.05) is 48.5 Å². The molecule has 0 unspecified atom stereocenters. The Bertz CT molecular complexity index is 1160.